The zero-order valence-electron chi connectivity index (χ0n) is 10.6. The molecule has 0 amide bonds. The molecule has 0 radical (unpaired) electrons. The molecule has 1 heterocycles. The normalized spacial score (nSPS) is 18.2. The Morgan fingerprint density at radius 2 is 1.89 bits per heavy atom. The van der Waals surface area contributed by atoms with Crippen LogP contribution < -0.4 is 0 Å². The first kappa shape index (κ1) is 13.9. The summed E-state index contributed by atoms with van der Waals surface area (Å²) in [5.41, 5.74) is 0.317. The second-order valence-electron chi connectivity index (χ2n) is 4.93. The molecule has 1 aliphatic rings. The lowest BCUT2D eigenvalue weighted by Crippen LogP contribution is -2.35. The third-order valence-electron chi connectivity index (χ3n) is 3.53. The van der Waals surface area contributed by atoms with Gasteiger partial charge in [0.15, 0.2) is 11.6 Å². The number of carbonyl (C=O) groups is 1. The minimum absolute atomic E-state index is 0.317. The van der Waals surface area contributed by atoms with Gasteiger partial charge in [0.2, 0.25) is 0 Å². The van der Waals surface area contributed by atoms with E-state index >= 15 is 0 Å². The standard InChI is InChI=1S/C14H17F2NO2/c15-12-5-4-10(8-13(12)16)11(14(18)19)9-17-6-2-1-3-7-17/h4-5,8,11H,1-3,6-7,9H2,(H,18,19). The summed E-state index contributed by atoms with van der Waals surface area (Å²) in [6.45, 7) is 2.08. The largest absolute Gasteiger partial charge is 0.481 e. The molecule has 5 heteroatoms. The summed E-state index contributed by atoms with van der Waals surface area (Å²) < 4.78 is 26.1. The molecule has 0 aliphatic carbocycles. The molecule has 104 valence electrons. The number of rotatable bonds is 4. The van der Waals surface area contributed by atoms with Crippen molar-refractivity contribution in [1.82, 2.24) is 4.90 Å². The zero-order valence-corrected chi connectivity index (χ0v) is 10.6. The van der Waals surface area contributed by atoms with Gasteiger partial charge in [-0.1, -0.05) is 12.5 Å². The predicted octanol–water partition coefficient (Wildman–Crippen LogP) is 2.62. The summed E-state index contributed by atoms with van der Waals surface area (Å²) in [6.07, 6.45) is 3.29. The fraction of sp³-hybridized carbons (Fsp3) is 0.500. The van der Waals surface area contributed by atoms with Gasteiger partial charge in [0, 0.05) is 6.54 Å². The summed E-state index contributed by atoms with van der Waals surface area (Å²) in [6, 6.07) is 3.32. The fourth-order valence-corrected chi connectivity index (χ4v) is 2.46. The molecule has 1 fully saturated rings. The topological polar surface area (TPSA) is 40.5 Å². The summed E-state index contributed by atoms with van der Waals surface area (Å²) >= 11 is 0. The highest BCUT2D eigenvalue weighted by molar-refractivity contribution is 5.76. The number of aliphatic carboxylic acids is 1. The van der Waals surface area contributed by atoms with E-state index in [0.717, 1.165) is 38.1 Å². The zero-order chi connectivity index (χ0) is 13.8. The van der Waals surface area contributed by atoms with Gasteiger partial charge in [-0.05, 0) is 43.6 Å². The lowest BCUT2D eigenvalue weighted by atomic mass is 9.97. The van der Waals surface area contributed by atoms with Gasteiger partial charge in [-0.3, -0.25) is 4.79 Å². The number of piperidine rings is 1. The lowest BCUT2D eigenvalue weighted by molar-refractivity contribution is -0.139. The molecule has 1 aromatic carbocycles. The van der Waals surface area contributed by atoms with Gasteiger partial charge in [-0.2, -0.15) is 0 Å². The summed E-state index contributed by atoms with van der Waals surface area (Å²) in [4.78, 5) is 13.4. The molecule has 1 N–H and O–H groups in total. The highest BCUT2D eigenvalue weighted by Crippen LogP contribution is 2.22. The quantitative estimate of drug-likeness (QED) is 0.913. The monoisotopic (exact) mass is 269 g/mol. The first-order chi connectivity index (χ1) is 9.08. The lowest BCUT2D eigenvalue weighted by Gasteiger charge is -2.29. The van der Waals surface area contributed by atoms with Gasteiger partial charge in [0.1, 0.15) is 0 Å². The molecule has 1 aromatic rings. The van der Waals surface area contributed by atoms with E-state index in [4.69, 9.17) is 0 Å². The van der Waals surface area contributed by atoms with Crippen LogP contribution >= 0.6 is 0 Å². The van der Waals surface area contributed by atoms with Crippen molar-refractivity contribution in [1.29, 1.82) is 0 Å². The first-order valence-corrected chi connectivity index (χ1v) is 6.48. The Balaban J connectivity index is 2.14. The van der Waals surface area contributed by atoms with Crippen molar-refractivity contribution in [2.24, 2.45) is 0 Å². The third kappa shape index (κ3) is 3.50. The molecule has 1 unspecified atom stereocenters. The van der Waals surface area contributed by atoms with Crippen molar-refractivity contribution < 1.29 is 18.7 Å². The minimum atomic E-state index is -1.00. The van der Waals surface area contributed by atoms with Gasteiger partial charge in [0.05, 0.1) is 5.92 Å². The molecule has 3 nitrogen and oxygen atoms in total. The predicted molar refractivity (Wildman–Crippen MR) is 67.0 cm³/mol. The number of carboxylic acid groups (broad SMARTS) is 1. The first-order valence-electron chi connectivity index (χ1n) is 6.48. The average molecular weight is 269 g/mol. The number of nitrogens with zero attached hydrogens (tertiary/aromatic N) is 1. The maximum atomic E-state index is 13.2. The third-order valence-corrected chi connectivity index (χ3v) is 3.53. The van der Waals surface area contributed by atoms with Crippen LogP contribution in [0.5, 0.6) is 0 Å². The van der Waals surface area contributed by atoms with Crippen LogP contribution in [0.25, 0.3) is 0 Å². The smallest absolute Gasteiger partial charge is 0.312 e. The number of likely N-dealkylation sites (tertiary alicyclic amines) is 1. The Bertz CT molecular complexity index is 459. The van der Waals surface area contributed by atoms with Crippen molar-refractivity contribution in [3.8, 4) is 0 Å². The van der Waals surface area contributed by atoms with Gasteiger partial charge < -0.3 is 10.0 Å². The minimum Gasteiger partial charge on any atom is -0.481 e. The van der Waals surface area contributed by atoms with Crippen LogP contribution in [-0.4, -0.2) is 35.6 Å². The van der Waals surface area contributed by atoms with Gasteiger partial charge in [-0.15, -0.1) is 0 Å². The molecule has 19 heavy (non-hydrogen) atoms. The summed E-state index contributed by atoms with van der Waals surface area (Å²) in [5.74, 6) is -3.77. The Morgan fingerprint density at radius 1 is 1.21 bits per heavy atom. The molecule has 0 saturated carbocycles. The van der Waals surface area contributed by atoms with E-state index < -0.39 is 23.5 Å². The van der Waals surface area contributed by atoms with Crippen molar-refractivity contribution in [3.05, 3.63) is 35.4 Å². The van der Waals surface area contributed by atoms with Crippen LogP contribution in [0.2, 0.25) is 0 Å². The molecule has 1 saturated heterocycles. The van der Waals surface area contributed by atoms with Crippen molar-refractivity contribution in [3.63, 3.8) is 0 Å². The van der Waals surface area contributed by atoms with E-state index in [9.17, 15) is 18.7 Å². The highest BCUT2D eigenvalue weighted by Gasteiger charge is 2.24. The van der Waals surface area contributed by atoms with E-state index in [1.165, 1.54) is 12.5 Å². The summed E-state index contributed by atoms with van der Waals surface area (Å²) in [7, 11) is 0. The van der Waals surface area contributed by atoms with E-state index in [1.807, 2.05) is 0 Å². The second kappa shape index (κ2) is 6.10. The molecule has 1 aliphatic heterocycles. The van der Waals surface area contributed by atoms with Gasteiger partial charge in [-0.25, -0.2) is 8.78 Å². The molecular weight excluding hydrogens is 252 g/mol. The highest BCUT2D eigenvalue weighted by atomic mass is 19.2. The van der Waals surface area contributed by atoms with Gasteiger partial charge >= 0.3 is 5.97 Å². The Labute approximate surface area is 110 Å². The molecule has 2 rings (SSSR count). The Morgan fingerprint density at radius 3 is 2.47 bits per heavy atom. The molecule has 0 spiro atoms. The number of halogens is 2. The molecule has 0 bridgehead atoms. The van der Waals surface area contributed by atoms with Crippen LogP contribution in [0.4, 0.5) is 8.78 Å². The number of hydrogen-bond donors (Lipinski definition) is 1. The molecule has 0 aromatic heterocycles. The van der Waals surface area contributed by atoms with E-state index in [2.05, 4.69) is 4.90 Å². The molecule has 1 atom stereocenters. The number of benzene rings is 1. The number of carboxylic acids is 1. The van der Waals surface area contributed by atoms with Crippen LogP contribution in [-0.2, 0) is 4.79 Å². The number of hydrogen-bond acceptors (Lipinski definition) is 2. The van der Waals surface area contributed by atoms with Crippen molar-refractivity contribution >= 4 is 5.97 Å². The fourth-order valence-electron chi connectivity index (χ4n) is 2.46. The van der Waals surface area contributed by atoms with Gasteiger partial charge in [0.25, 0.3) is 0 Å². The van der Waals surface area contributed by atoms with Crippen LogP contribution in [0, 0.1) is 11.6 Å². The average Bonchev–Trinajstić information content (AvgIpc) is 2.40. The summed E-state index contributed by atoms with van der Waals surface area (Å²) in [5, 5.41) is 9.27. The SMILES string of the molecule is O=C(O)C(CN1CCCCC1)c1ccc(F)c(F)c1. The maximum absolute atomic E-state index is 13.2. The van der Waals surface area contributed by atoms with E-state index in [-0.39, 0.29) is 0 Å². The van der Waals surface area contributed by atoms with E-state index in [1.54, 1.807) is 0 Å². The van der Waals surface area contributed by atoms with Crippen molar-refractivity contribution in [2.45, 2.75) is 25.2 Å². The maximum Gasteiger partial charge on any atom is 0.312 e. The van der Waals surface area contributed by atoms with Crippen LogP contribution in [0.3, 0.4) is 0 Å². The Hall–Kier alpha value is -1.49. The Kier molecular flexibility index (Phi) is 4.47. The second-order valence-corrected chi connectivity index (χ2v) is 4.93. The van der Waals surface area contributed by atoms with Crippen LogP contribution in [0.1, 0.15) is 30.7 Å². The molecular formula is C14H17F2NO2. The van der Waals surface area contributed by atoms with E-state index in [0.29, 0.717) is 12.1 Å². The van der Waals surface area contributed by atoms with Crippen molar-refractivity contribution in [2.75, 3.05) is 19.6 Å². The van der Waals surface area contributed by atoms with Crippen LogP contribution in [0.15, 0.2) is 18.2 Å².